The molecule has 1 aliphatic heterocycles. The highest BCUT2D eigenvalue weighted by atomic mass is 32.2. The number of rotatable bonds is 3. The summed E-state index contributed by atoms with van der Waals surface area (Å²) >= 11 is 1.48. The number of hydrogen-bond donors (Lipinski definition) is 2. The Morgan fingerprint density at radius 3 is 2.80 bits per heavy atom. The van der Waals surface area contributed by atoms with Crippen molar-refractivity contribution >= 4 is 29.0 Å². The van der Waals surface area contributed by atoms with Crippen LogP contribution in [0.25, 0.3) is 0 Å². The maximum atomic E-state index is 14.3. The van der Waals surface area contributed by atoms with Crippen molar-refractivity contribution in [2.45, 2.75) is 26.3 Å². The number of hydrogen-bond acceptors (Lipinski definition) is 4. The average molecular weight is 295 g/mol. The van der Waals surface area contributed by atoms with Crippen molar-refractivity contribution in [3.63, 3.8) is 0 Å². The smallest absolute Gasteiger partial charge is 0.211 e. The van der Waals surface area contributed by atoms with E-state index in [-0.39, 0.29) is 11.2 Å². The molecular formula is C14H18FN3OS. The van der Waals surface area contributed by atoms with E-state index >= 15 is 0 Å². The molecule has 1 aliphatic rings. The van der Waals surface area contributed by atoms with Crippen LogP contribution in [0.5, 0.6) is 0 Å². The van der Waals surface area contributed by atoms with Crippen LogP contribution in [0.3, 0.4) is 0 Å². The molecular weight excluding hydrogens is 277 g/mol. The van der Waals surface area contributed by atoms with E-state index in [1.807, 2.05) is 20.8 Å². The van der Waals surface area contributed by atoms with Gasteiger partial charge in [0.05, 0.1) is 5.54 Å². The lowest BCUT2D eigenvalue weighted by Gasteiger charge is -2.44. The zero-order valence-electron chi connectivity index (χ0n) is 11.7. The average Bonchev–Trinajstić information content (AvgIpc) is 2.37. The van der Waals surface area contributed by atoms with Crippen LogP contribution in [0.15, 0.2) is 23.2 Å². The molecule has 0 spiro atoms. The first-order chi connectivity index (χ1) is 9.30. The summed E-state index contributed by atoms with van der Waals surface area (Å²) in [4.78, 5) is 15.1. The third-order valence-electron chi connectivity index (χ3n) is 3.95. The Kier molecular flexibility index (Phi) is 3.77. The normalized spacial score (nSPS) is 24.9. The summed E-state index contributed by atoms with van der Waals surface area (Å²) in [6, 6.07) is 4.49. The van der Waals surface area contributed by atoms with E-state index in [0.29, 0.717) is 22.8 Å². The van der Waals surface area contributed by atoms with Crippen LogP contribution in [0, 0.1) is 11.2 Å². The second kappa shape index (κ2) is 5.09. The first-order valence-electron chi connectivity index (χ1n) is 6.28. The van der Waals surface area contributed by atoms with E-state index in [2.05, 4.69) is 10.3 Å². The summed E-state index contributed by atoms with van der Waals surface area (Å²) in [5.41, 5.74) is 5.79. The lowest BCUT2D eigenvalue weighted by atomic mass is 9.70. The van der Waals surface area contributed by atoms with E-state index in [1.165, 1.54) is 23.9 Å². The number of aliphatic imine (C=N–C) groups is 1. The van der Waals surface area contributed by atoms with Gasteiger partial charge in [0.2, 0.25) is 6.41 Å². The van der Waals surface area contributed by atoms with Crippen molar-refractivity contribution in [3.05, 3.63) is 29.6 Å². The highest BCUT2D eigenvalue weighted by Gasteiger charge is 2.46. The van der Waals surface area contributed by atoms with Crippen LogP contribution < -0.4 is 11.1 Å². The Morgan fingerprint density at radius 1 is 1.45 bits per heavy atom. The van der Waals surface area contributed by atoms with Gasteiger partial charge >= 0.3 is 0 Å². The molecule has 1 aromatic carbocycles. The van der Waals surface area contributed by atoms with Gasteiger partial charge in [-0.05, 0) is 25.1 Å². The summed E-state index contributed by atoms with van der Waals surface area (Å²) in [6.45, 7) is 5.95. The van der Waals surface area contributed by atoms with E-state index in [0.717, 1.165) is 5.75 Å². The number of carbonyl (C=O) groups excluding carboxylic acids is 1. The Hall–Kier alpha value is -1.56. The van der Waals surface area contributed by atoms with Gasteiger partial charge in [-0.1, -0.05) is 25.6 Å². The van der Waals surface area contributed by atoms with Crippen molar-refractivity contribution in [2.24, 2.45) is 16.1 Å². The third kappa shape index (κ3) is 2.40. The van der Waals surface area contributed by atoms with Crippen molar-refractivity contribution in [2.75, 3.05) is 11.1 Å². The lowest BCUT2D eigenvalue weighted by molar-refractivity contribution is -0.105. The van der Waals surface area contributed by atoms with Gasteiger partial charge in [-0.25, -0.2) is 4.39 Å². The predicted molar refractivity (Wildman–Crippen MR) is 81.3 cm³/mol. The number of nitrogens with one attached hydrogen (secondary N) is 1. The van der Waals surface area contributed by atoms with E-state index in [9.17, 15) is 9.18 Å². The van der Waals surface area contributed by atoms with Gasteiger partial charge in [-0.3, -0.25) is 9.79 Å². The van der Waals surface area contributed by atoms with E-state index in [4.69, 9.17) is 5.73 Å². The second-order valence-corrected chi connectivity index (χ2v) is 6.65. The van der Waals surface area contributed by atoms with Gasteiger partial charge < -0.3 is 11.1 Å². The fourth-order valence-corrected chi connectivity index (χ4v) is 3.32. The number of amides is 1. The Morgan fingerprint density at radius 2 is 2.15 bits per heavy atom. The monoisotopic (exact) mass is 295 g/mol. The summed E-state index contributed by atoms with van der Waals surface area (Å²) in [5.74, 6) is 0.407. The molecule has 108 valence electrons. The van der Waals surface area contributed by atoms with Gasteiger partial charge in [-0.2, -0.15) is 0 Å². The van der Waals surface area contributed by atoms with Crippen LogP contribution in [0.1, 0.15) is 26.3 Å². The molecule has 2 rings (SSSR count). The van der Waals surface area contributed by atoms with Gasteiger partial charge in [0.1, 0.15) is 5.82 Å². The first kappa shape index (κ1) is 14.8. The van der Waals surface area contributed by atoms with Crippen LogP contribution >= 0.6 is 11.8 Å². The molecule has 0 bridgehead atoms. The van der Waals surface area contributed by atoms with E-state index < -0.39 is 5.54 Å². The van der Waals surface area contributed by atoms with Crippen molar-refractivity contribution in [1.82, 2.24) is 0 Å². The van der Waals surface area contributed by atoms with Crippen LogP contribution in [0.2, 0.25) is 0 Å². The minimum absolute atomic E-state index is 0.263. The van der Waals surface area contributed by atoms with Gasteiger partial charge in [-0.15, -0.1) is 0 Å². The number of nitrogens with zero attached hydrogens (tertiary/aromatic N) is 1. The van der Waals surface area contributed by atoms with Crippen molar-refractivity contribution in [1.29, 1.82) is 0 Å². The number of amidine groups is 1. The van der Waals surface area contributed by atoms with Crippen LogP contribution in [-0.2, 0) is 10.3 Å². The molecule has 1 unspecified atom stereocenters. The predicted octanol–water partition coefficient (Wildman–Crippen LogP) is 2.70. The molecule has 0 radical (unpaired) electrons. The molecule has 1 aromatic rings. The minimum atomic E-state index is -0.771. The first-order valence-corrected chi connectivity index (χ1v) is 7.27. The largest absolute Gasteiger partial charge is 0.379 e. The lowest BCUT2D eigenvalue weighted by Crippen LogP contribution is -2.45. The molecule has 0 fully saturated rings. The highest BCUT2D eigenvalue weighted by Crippen LogP contribution is 2.49. The van der Waals surface area contributed by atoms with Gasteiger partial charge in [0.15, 0.2) is 5.17 Å². The Balaban J connectivity index is 2.60. The molecule has 1 amide bonds. The summed E-state index contributed by atoms with van der Waals surface area (Å²) in [6.07, 6.45) is 0.568. The fourth-order valence-electron chi connectivity index (χ4n) is 2.28. The highest BCUT2D eigenvalue weighted by molar-refractivity contribution is 8.13. The molecule has 0 aromatic heterocycles. The number of anilines is 1. The maximum absolute atomic E-state index is 14.3. The standard InChI is InChI=1S/C14H18FN3OS/c1-13(2)7-20-12(16)18-14(13,3)10-6-9(17-8-19)4-5-11(10)15/h4-6,8H,7H2,1-3H3,(H2,16,18)(H,17,19). The Bertz CT molecular complexity index is 574. The van der Waals surface area contributed by atoms with Crippen molar-refractivity contribution in [3.8, 4) is 0 Å². The molecule has 0 saturated heterocycles. The molecule has 0 aliphatic carbocycles. The molecule has 6 heteroatoms. The quantitative estimate of drug-likeness (QED) is 0.843. The minimum Gasteiger partial charge on any atom is -0.379 e. The molecule has 1 heterocycles. The fraction of sp³-hybridized carbons (Fsp3) is 0.429. The summed E-state index contributed by atoms with van der Waals surface area (Å²) < 4.78 is 14.3. The van der Waals surface area contributed by atoms with Gasteiger partial charge in [0, 0.05) is 22.4 Å². The number of thioether (sulfide) groups is 1. The zero-order chi connectivity index (χ0) is 15.0. The van der Waals surface area contributed by atoms with Crippen molar-refractivity contribution < 1.29 is 9.18 Å². The molecule has 3 N–H and O–H groups in total. The molecule has 1 atom stereocenters. The molecule has 20 heavy (non-hydrogen) atoms. The number of nitrogens with two attached hydrogens (primary N) is 1. The van der Waals surface area contributed by atoms with Crippen LogP contribution in [-0.4, -0.2) is 17.3 Å². The van der Waals surface area contributed by atoms with Gasteiger partial charge in [0.25, 0.3) is 0 Å². The van der Waals surface area contributed by atoms with E-state index in [1.54, 1.807) is 6.07 Å². The SMILES string of the molecule is CC1(C)CSC(N)=NC1(C)c1cc(NC=O)ccc1F. The number of benzene rings is 1. The maximum Gasteiger partial charge on any atom is 0.211 e. The second-order valence-electron chi connectivity index (χ2n) is 5.65. The van der Waals surface area contributed by atoms with Crippen LogP contribution in [0.4, 0.5) is 10.1 Å². The Labute approximate surface area is 122 Å². The summed E-state index contributed by atoms with van der Waals surface area (Å²) in [7, 11) is 0. The summed E-state index contributed by atoms with van der Waals surface area (Å²) in [5, 5.41) is 3.00. The number of carbonyl (C=O) groups is 1. The number of halogens is 1. The molecule has 0 saturated carbocycles. The topological polar surface area (TPSA) is 67.5 Å². The molecule has 4 nitrogen and oxygen atoms in total. The zero-order valence-corrected chi connectivity index (χ0v) is 12.6. The third-order valence-corrected chi connectivity index (χ3v) is 5.20.